The summed E-state index contributed by atoms with van der Waals surface area (Å²) in [5.41, 5.74) is 7.57. The molecule has 2 rings (SSSR count). The summed E-state index contributed by atoms with van der Waals surface area (Å²) in [6.07, 6.45) is 1.41. The number of nitrogen functional groups attached to an aromatic ring is 1. The lowest BCUT2D eigenvalue weighted by Crippen LogP contribution is -2.00. The summed E-state index contributed by atoms with van der Waals surface area (Å²) in [6.45, 7) is 0. The van der Waals surface area contributed by atoms with Crippen LogP contribution < -0.4 is 11.1 Å². The van der Waals surface area contributed by atoms with Gasteiger partial charge in [-0.1, -0.05) is 11.6 Å². The van der Waals surface area contributed by atoms with Crippen LogP contribution >= 0.6 is 11.6 Å². The predicted octanol–water partition coefficient (Wildman–Crippen LogP) is 2.80. The third-order valence-electron chi connectivity index (χ3n) is 2.40. The number of anilines is 3. The van der Waals surface area contributed by atoms with Gasteiger partial charge in [0.05, 0.1) is 33.6 Å². The molecule has 3 N–H and O–H groups in total. The van der Waals surface area contributed by atoms with Gasteiger partial charge in [-0.05, 0) is 24.3 Å². The maximum atomic E-state index is 8.75. The normalized spacial score (nSPS) is 9.42. The number of hydrogen-bond acceptors (Lipinski definition) is 5. The molecule has 6 heteroatoms. The monoisotopic (exact) mass is 269 g/mol. The smallest absolute Gasteiger partial charge is 0.153 e. The first-order chi connectivity index (χ1) is 9.13. The molecule has 0 aliphatic heterocycles. The fraction of sp³-hybridized carbons (Fsp3) is 0. The molecule has 0 spiro atoms. The molecule has 2 aromatic rings. The van der Waals surface area contributed by atoms with Gasteiger partial charge in [0.25, 0.3) is 0 Å². The number of hydrogen-bond donors (Lipinski definition) is 2. The molecular formula is C13H8ClN5. The molecule has 1 heterocycles. The molecule has 0 saturated carbocycles. The molecule has 0 aliphatic carbocycles. The number of nitrogens with zero attached hydrogens (tertiary/aromatic N) is 3. The molecule has 0 unspecified atom stereocenters. The second-order valence-electron chi connectivity index (χ2n) is 3.71. The highest BCUT2D eigenvalue weighted by Crippen LogP contribution is 2.28. The standard InChI is InChI=1S/C13H8ClN5/c14-10-3-8(5-15)1-2-12(10)19-13-11(17)4-9(6-16)7-18-13/h1-4,7H,17H2,(H,18,19). The van der Waals surface area contributed by atoms with Crippen molar-refractivity contribution < 1.29 is 0 Å². The van der Waals surface area contributed by atoms with Crippen LogP contribution in [0.2, 0.25) is 5.02 Å². The van der Waals surface area contributed by atoms with Gasteiger partial charge in [0.1, 0.15) is 6.07 Å². The average molecular weight is 270 g/mol. The Balaban J connectivity index is 2.32. The van der Waals surface area contributed by atoms with Crippen molar-refractivity contribution in [2.24, 2.45) is 0 Å². The summed E-state index contributed by atoms with van der Waals surface area (Å²) in [5.74, 6) is 0.408. The number of nitrogens with two attached hydrogens (primary N) is 1. The van der Waals surface area contributed by atoms with E-state index in [1.807, 2.05) is 12.1 Å². The van der Waals surface area contributed by atoms with E-state index in [1.165, 1.54) is 12.3 Å². The summed E-state index contributed by atoms with van der Waals surface area (Å²) in [7, 11) is 0. The van der Waals surface area contributed by atoms with Gasteiger partial charge in [0.15, 0.2) is 5.82 Å². The van der Waals surface area contributed by atoms with E-state index in [9.17, 15) is 0 Å². The molecule has 0 radical (unpaired) electrons. The van der Waals surface area contributed by atoms with Gasteiger partial charge in [-0.2, -0.15) is 10.5 Å². The minimum absolute atomic E-state index is 0.347. The van der Waals surface area contributed by atoms with E-state index in [2.05, 4.69) is 10.3 Å². The first-order valence-electron chi connectivity index (χ1n) is 5.26. The molecular weight excluding hydrogens is 262 g/mol. The molecule has 0 atom stereocenters. The summed E-state index contributed by atoms with van der Waals surface area (Å²) in [4.78, 5) is 4.05. The van der Waals surface area contributed by atoms with Crippen LogP contribution in [0.3, 0.4) is 0 Å². The third kappa shape index (κ3) is 2.74. The van der Waals surface area contributed by atoms with E-state index in [0.717, 1.165) is 0 Å². The van der Waals surface area contributed by atoms with Crippen LogP contribution in [-0.2, 0) is 0 Å². The van der Waals surface area contributed by atoms with Gasteiger partial charge in [-0.25, -0.2) is 4.98 Å². The molecule has 19 heavy (non-hydrogen) atoms. The van der Waals surface area contributed by atoms with Crippen LogP contribution in [0.15, 0.2) is 30.5 Å². The zero-order valence-electron chi connectivity index (χ0n) is 9.68. The van der Waals surface area contributed by atoms with E-state index in [-0.39, 0.29) is 0 Å². The Morgan fingerprint density at radius 3 is 2.47 bits per heavy atom. The molecule has 0 saturated heterocycles. The molecule has 0 amide bonds. The van der Waals surface area contributed by atoms with Crippen LogP contribution in [-0.4, -0.2) is 4.98 Å². The zero-order valence-corrected chi connectivity index (χ0v) is 10.4. The highest BCUT2D eigenvalue weighted by atomic mass is 35.5. The fourth-order valence-electron chi connectivity index (χ4n) is 1.46. The number of rotatable bonds is 2. The van der Waals surface area contributed by atoms with Crippen molar-refractivity contribution in [1.29, 1.82) is 10.5 Å². The Hall–Kier alpha value is -2.76. The molecule has 0 bridgehead atoms. The largest absolute Gasteiger partial charge is 0.396 e. The van der Waals surface area contributed by atoms with Gasteiger partial charge in [-0.3, -0.25) is 0 Å². The van der Waals surface area contributed by atoms with Crippen molar-refractivity contribution in [3.8, 4) is 12.1 Å². The van der Waals surface area contributed by atoms with Crippen molar-refractivity contribution in [3.63, 3.8) is 0 Å². The Labute approximate surface area is 114 Å². The number of nitriles is 2. The Morgan fingerprint density at radius 1 is 1.16 bits per heavy atom. The summed E-state index contributed by atoms with van der Waals surface area (Å²) in [6, 6.07) is 10.3. The number of pyridine rings is 1. The van der Waals surface area contributed by atoms with E-state index < -0.39 is 0 Å². The van der Waals surface area contributed by atoms with Crippen LogP contribution in [0.4, 0.5) is 17.2 Å². The maximum absolute atomic E-state index is 8.75. The van der Waals surface area contributed by atoms with Gasteiger partial charge in [0, 0.05) is 6.20 Å². The van der Waals surface area contributed by atoms with Gasteiger partial charge >= 0.3 is 0 Å². The van der Waals surface area contributed by atoms with Gasteiger partial charge < -0.3 is 11.1 Å². The van der Waals surface area contributed by atoms with Crippen molar-refractivity contribution in [1.82, 2.24) is 4.98 Å². The second kappa shape index (κ2) is 5.26. The summed E-state index contributed by atoms with van der Waals surface area (Å²) < 4.78 is 0. The number of nitrogens with one attached hydrogen (secondary N) is 1. The minimum atomic E-state index is 0.347. The number of halogens is 1. The summed E-state index contributed by atoms with van der Waals surface area (Å²) in [5, 5.41) is 20.8. The zero-order chi connectivity index (χ0) is 13.8. The first kappa shape index (κ1) is 12.7. The van der Waals surface area contributed by atoms with Crippen LogP contribution in [0.25, 0.3) is 0 Å². The van der Waals surface area contributed by atoms with Crippen molar-refractivity contribution >= 4 is 28.8 Å². The molecule has 0 aliphatic rings. The lowest BCUT2D eigenvalue weighted by atomic mass is 10.2. The molecule has 92 valence electrons. The van der Waals surface area contributed by atoms with E-state index >= 15 is 0 Å². The van der Waals surface area contributed by atoms with E-state index in [0.29, 0.717) is 33.3 Å². The molecule has 1 aromatic heterocycles. The van der Waals surface area contributed by atoms with Crippen molar-refractivity contribution in [2.45, 2.75) is 0 Å². The van der Waals surface area contributed by atoms with Crippen LogP contribution in [0.1, 0.15) is 11.1 Å². The molecule has 1 aromatic carbocycles. The fourth-order valence-corrected chi connectivity index (χ4v) is 1.69. The minimum Gasteiger partial charge on any atom is -0.396 e. The Kier molecular flexibility index (Phi) is 3.51. The number of aromatic nitrogens is 1. The lowest BCUT2D eigenvalue weighted by molar-refractivity contribution is 1.29. The SMILES string of the molecule is N#Cc1cnc(Nc2ccc(C#N)cc2Cl)c(N)c1. The van der Waals surface area contributed by atoms with Crippen molar-refractivity contribution in [2.75, 3.05) is 11.1 Å². The van der Waals surface area contributed by atoms with Crippen LogP contribution in [0.5, 0.6) is 0 Å². The average Bonchev–Trinajstić information content (AvgIpc) is 2.42. The van der Waals surface area contributed by atoms with Crippen LogP contribution in [0, 0.1) is 22.7 Å². The van der Waals surface area contributed by atoms with E-state index in [1.54, 1.807) is 18.2 Å². The highest BCUT2D eigenvalue weighted by Gasteiger charge is 2.06. The maximum Gasteiger partial charge on any atom is 0.153 e. The number of benzene rings is 1. The van der Waals surface area contributed by atoms with Gasteiger partial charge in [0.2, 0.25) is 0 Å². The first-order valence-corrected chi connectivity index (χ1v) is 5.64. The third-order valence-corrected chi connectivity index (χ3v) is 2.71. The lowest BCUT2D eigenvalue weighted by Gasteiger charge is -2.09. The topological polar surface area (TPSA) is 98.5 Å². The molecule has 0 fully saturated rings. The summed E-state index contributed by atoms with van der Waals surface area (Å²) >= 11 is 6.03. The van der Waals surface area contributed by atoms with Gasteiger partial charge in [-0.15, -0.1) is 0 Å². The Morgan fingerprint density at radius 2 is 1.89 bits per heavy atom. The van der Waals surface area contributed by atoms with Crippen molar-refractivity contribution in [3.05, 3.63) is 46.6 Å². The predicted molar refractivity (Wildman–Crippen MR) is 72.8 cm³/mol. The van der Waals surface area contributed by atoms with E-state index in [4.69, 9.17) is 27.9 Å². The quantitative estimate of drug-likeness (QED) is 0.873. The Bertz CT molecular complexity index is 650. The highest BCUT2D eigenvalue weighted by molar-refractivity contribution is 6.33. The second-order valence-corrected chi connectivity index (χ2v) is 4.11. The molecule has 5 nitrogen and oxygen atoms in total.